The molecule has 1 unspecified atom stereocenters. The summed E-state index contributed by atoms with van der Waals surface area (Å²) >= 11 is 1.28. The van der Waals surface area contributed by atoms with Crippen molar-refractivity contribution in [3.8, 4) is 0 Å². The van der Waals surface area contributed by atoms with Crippen LogP contribution < -0.4 is 5.32 Å². The summed E-state index contributed by atoms with van der Waals surface area (Å²) in [5.41, 5.74) is 1.65. The van der Waals surface area contributed by atoms with Crippen molar-refractivity contribution in [1.82, 2.24) is 9.36 Å². The third-order valence-electron chi connectivity index (χ3n) is 2.80. The first-order valence-electron chi connectivity index (χ1n) is 5.79. The van der Waals surface area contributed by atoms with Crippen LogP contribution >= 0.6 is 11.5 Å². The first kappa shape index (κ1) is 13.4. The lowest BCUT2D eigenvalue weighted by Crippen LogP contribution is -2.07. The number of aromatic nitrogens is 2. The van der Waals surface area contributed by atoms with Gasteiger partial charge in [0.25, 0.3) is 5.69 Å². The Morgan fingerprint density at radius 3 is 2.74 bits per heavy atom. The van der Waals surface area contributed by atoms with Crippen LogP contribution in [0.4, 0.5) is 10.8 Å². The summed E-state index contributed by atoms with van der Waals surface area (Å²) in [6.45, 7) is 5.49. The van der Waals surface area contributed by atoms with Crippen molar-refractivity contribution in [2.24, 2.45) is 0 Å². The van der Waals surface area contributed by atoms with E-state index in [-0.39, 0.29) is 16.7 Å². The zero-order valence-corrected chi connectivity index (χ0v) is 11.7. The second-order valence-corrected chi connectivity index (χ2v) is 5.07. The van der Waals surface area contributed by atoms with E-state index in [0.29, 0.717) is 10.7 Å². The predicted octanol–water partition coefficient (Wildman–Crippen LogP) is 3.24. The minimum absolute atomic E-state index is 0.0633. The maximum Gasteiger partial charge on any atom is 0.272 e. The van der Waals surface area contributed by atoms with Crippen LogP contribution in [0.2, 0.25) is 0 Å². The molecule has 0 bridgehead atoms. The summed E-state index contributed by atoms with van der Waals surface area (Å²) < 4.78 is 4.08. The second-order valence-electron chi connectivity index (χ2n) is 4.32. The van der Waals surface area contributed by atoms with Crippen LogP contribution in [0.25, 0.3) is 0 Å². The Kier molecular flexibility index (Phi) is 3.75. The molecule has 1 heterocycles. The highest BCUT2D eigenvalue weighted by molar-refractivity contribution is 7.09. The SMILES string of the molecule is Cc1nsc(NC(C)c2ccc(C)c([N+](=O)[O-])c2)n1. The van der Waals surface area contributed by atoms with Crippen molar-refractivity contribution in [3.05, 3.63) is 45.3 Å². The number of nitro groups is 1. The molecular weight excluding hydrogens is 264 g/mol. The lowest BCUT2D eigenvalue weighted by molar-refractivity contribution is -0.385. The van der Waals surface area contributed by atoms with Crippen molar-refractivity contribution in [3.63, 3.8) is 0 Å². The Labute approximate surface area is 114 Å². The maximum atomic E-state index is 10.9. The molecule has 0 saturated heterocycles. The summed E-state index contributed by atoms with van der Waals surface area (Å²) in [6, 6.07) is 5.18. The highest BCUT2D eigenvalue weighted by Gasteiger charge is 2.15. The fourth-order valence-electron chi connectivity index (χ4n) is 1.72. The average molecular weight is 278 g/mol. The van der Waals surface area contributed by atoms with Crippen molar-refractivity contribution in [2.45, 2.75) is 26.8 Å². The Bertz CT molecular complexity index is 612. The first-order chi connectivity index (χ1) is 8.97. The fraction of sp³-hybridized carbons (Fsp3) is 0.333. The van der Waals surface area contributed by atoms with Crippen LogP contribution in [0.15, 0.2) is 18.2 Å². The molecule has 1 N–H and O–H groups in total. The molecule has 0 spiro atoms. The number of anilines is 1. The van der Waals surface area contributed by atoms with Gasteiger partial charge in [0.15, 0.2) is 0 Å². The molecule has 0 saturated carbocycles. The fourth-order valence-corrected chi connectivity index (χ4v) is 2.38. The van der Waals surface area contributed by atoms with Gasteiger partial charge in [0, 0.05) is 23.2 Å². The topological polar surface area (TPSA) is 81.0 Å². The van der Waals surface area contributed by atoms with E-state index in [1.807, 2.05) is 19.9 Å². The summed E-state index contributed by atoms with van der Waals surface area (Å²) in [5.74, 6) is 0.717. The monoisotopic (exact) mass is 278 g/mol. The Morgan fingerprint density at radius 2 is 2.16 bits per heavy atom. The number of nitrogens with zero attached hydrogens (tertiary/aromatic N) is 3. The molecule has 2 aromatic rings. The number of benzene rings is 1. The molecule has 6 nitrogen and oxygen atoms in total. The highest BCUT2D eigenvalue weighted by atomic mass is 32.1. The molecule has 7 heteroatoms. The van der Waals surface area contributed by atoms with Crippen LogP contribution in [-0.2, 0) is 0 Å². The van der Waals surface area contributed by atoms with Gasteiger partial charge < -0.3 is 5.32 Å². The first-order valence-corrected chi connectivity index (χ1v) is 6.56. The minimum Gasteiger partial charge on any atom is -0.354 e. The minimum atomic E-state index is -0.360. The van der Waals surface area contributed by atoms with Crippen LogP contribution in [0.3, 0.4) is 0 Å². The number of aryl methyl sites for hydroxylation is 2. The van der Waals surface area contributed by atoms with Crippen molar-refractivity contribution in [2.75, 3.05) is 5.32 Å². The molecule has 0 aliphatic heterocycles. The van der Waals surface area contributed by atoms with Gasteiger partial charge in [-0.2, -0.15) is 4.37 Å². The molecule has 0 radical (unpaired) electrons. The zero-order valence-electron chi connectivity index (χ0n) is 10.9. The van der Waals surface area contributed by atoms with Gasteiger partial charge in [-0.1, -0.05) is 12.1 Å². The van der Waals surface area contributed by atoms with Crippen LogP contribution in [0.1, 0.15) is 29.9 Å². The molecule has 100 valence electrons. The standard InChI is InChI=1S/C12H14N4O2S/c1-7-4-5-10(6-11(7)16(17)18)8(2)13-12-14-9(3)15-19-12/h4-6,8H,1-3H3,(H,13,14,15). The van der Waals surface area contributed by atoms with Crippen LogP contribution in [0.5, 0.6) is 0 Å². The van der Waals surface area contributed by atoms with E-state index < -0.39 is 0 Å². The van der Waals surface area contributed by atoms with Crippen molar-refractivity contribution >= 4 is 22.4 Å². The third kappa shape index (κ3) is 3.05. The number of nitrogens with one attached hydrogen (secondary N) is 1. The quantitative estimate of drug-likeness (QED) is 0.686. The van der Waals surface area contributed by atoms with E-state index in [1.165, 1.54) is 11.5 Å². The molecule has 0 aliphatic carbocycles. The largest absolute Gasteiger partial charge is 0.354 e. The third-order valence-corrected chi connectivity index (χ3v) is 3.54. The molecule has 0 fully saturated rings. The number of rotatable bonds is 4. The molecule has 0 aliphatic rings. The molecular formula is C12H14N4O2S. The average Bonchev–Trinajstić information content (AvgIpc) is 2.74. The van der Waals surface area contributed by atoms with E-state index in [9.17, 15) is 10.1 Å². The van der Waals surface area contributed by atoms with Crippen LogP contribution in [0, 0.1) is 24.0 Å². The summed E-state index contributed by atoms with van der Waals surface area (Å²) in [4.78, 5) is 14.8. The predicted molar refractivity (Wildman–Crippen MR) is 74.5 cm³/mol. The van der Waals surface area contributed by atoms with Crippen molar-refractivity contribution in [1.29, 1.82) is 0 Å². The summed E-state index contributed by atoms with van der Waals surface area (Å²) in [5, 5.41) is 14.8. The van der Waals surface area contributed by atoms with E-state index in [2.05, 4.69) is 14.7 Å². The smallest absolute Gasteiger partial charge is 0.272 e. The van der Waals surface area contributed by atoms with Gasteiger partial charge in [0.1, 0.15) is 5.82 Å². The van der Waals surface area contributed by atoms with E-state index in [4.69, 9.17) is 0 Å². The number of nitro benzene ring substituents is 1. The van der Waals surface area contributed by atoms with Gasteiger partial charge in [-0.25, -0.2) is 4.98 Å². The molecule has 19 heavy (non-hydrogen) atoms. The summed E-state index contributed by atoms with van der Waals surface area (Å²) in [6.07, 6.45) is 0. The Balaban J connectivity index is 2.21. The number of hydrogen-bond donors (Lipinski definition) is 1. The normalized spacial score (nSPS) is 12.2. The second kappa shape index (κ2) is 5.31. The lowest BCUT2D eigenvalue weighted by Gasteiger charge is -2.13. The zero-order chi connectivity index (χ0) is 14.0. The highest BCUT2D eigenvalue weighted by Crippen LogP contribution is 2.26. The van der Waals surface area contributed by atoms with E-state index in [0.717, 1.165) is 11.4 Å². The van der Waals surface area contributed by atoms with E-state index >= 15 is 0 Å². The Morgan fingerprint density at radius 1 is 1.42 bits per heavy atom. The van der Waals surface area contributed by atoms with Gasteiger partial charge in [-0.3, -0.25) is 10.1 Å². The van der Waals surface area contributed by atoms with Crippen LogP contribution in [-0.4, -0.2) is 14.3 Å². The van der Waals surface area contributed by atoms with Gasteiger partial charge in [-0.15, -0.1) is 0 Å². The Hall–Kier alpha value is -2.02. The molecule has 1 atom stereocenters. The molecule has 1 aromatic heterocycles. The maximum absolute atomic E-state index is 10.9. The van der Waals surface area contributed by atoms with Gasteiger partial charge in [0.05, 0.1) is 11.0 Å². The number of hydrogen-bond acceptors (Lipinski definition) is 6. The van der Waals surface area contributed by atoms with E-state index in [1.54, 1.807) is 19.1 Å². The lowest BCUT2D eigenvalue weighted by atomic mass is 10.1. The van der Waals surface area contributed by atoms with Gasteiger partial charge in [-0.05, 0) is 26.3 Å². The molecule has 2 rings (SSSR count). The van der Waals surface area contributed by atoms with Gasteiger partial charge in [0.2, 0.25) is 5.13 Å². The van der Waals surface area contributed by atoms with Gasteiger partial charge >= 0.3 is 0 Å². The summed E-state index contributed by atoms with van der Waals surface area (Å²) in [7, 11) is 0. The molecule has 0 amide bonds. The van der Waals surface area contributed by atoms with Crippen molar-refractivity contribution < 1.29 is 4.92 Å². The molecule has 1 aromatic carbocycles.